The van der Waals surface area contributed by atoms with Crippen molar-refractivity contribution in [2.75, 3.05) is 13.1 Å². The van der Waals surface area contributed by atoms with E-state index >= 15 is 0 Å². The summed E-state index contributed by atoms with van der Waals surface area (Å²) in [5, 5.41) is 16.2. The SMILES string of the molecule is O=C(NCC[C@H]1CCCN1)c1ccc(Cl)cc1O. The zero-order valence-electron chi connectivity index (χ0n) is 10.1. The number of nitrogens with one attached hydrogen (secondary N) is 2. The average Bonchev–Trinajstić information content (AvgIpc) is 2.81. The molecule has 0 bridgehead atoms. The average molecular weight is 269 g/mol. The van der Waals surface area contributed by atoms with Crippen LogP contribution in [0, 0.1) is 0 Å². The van der Waals surface area contributed by atoms with E-state index in [1.807, 2.05) is 0 Å². The second-order valence-corrected chi connectivity index (χ2v) is 4.94. The van der Waals surface area contributed by atoms with E-state index in [1.165, 1.54) is 25.0 Å². The summed E-state index contributed by atoms with van der Waals surface area (Å²) in [7, 11) is 0. The third kappa shape index (κ3) is 3.37. The van der Waals surface area contributed by atoms with Gasteiger partial charge in [0.15, 0.2) is 0 Å². The molecule has 0 unspecified atom stereocenters. The Balaban J connectivity index is 1.83. The molecule has 5 heteroatoms. The number of phenols is 1. The molecule has 0 aromatic heterocycles. The van der Waals surface area contributed by atoms with Crippen LogP contribution >= 0.6 is 11.6 Å². The molecule has 3 N–H and O–H groups in total. The number of hydrogen-bond donors (Lipinski definition) is 3. The third-order valence-corrected chi connectivity index (χ3v) is 3.38. The number of aromatic hydroxyl groups is 1. The van der Waals surface area contributed by atoms with Crippen LogP contribution < -0.4 is 10.6 Å². The first-order valence-corrected chi connectivity index (χ1v) is 6.54. The molecule has 1 heterocycles. The van der Waals surface area contributed by atoms with E-state index in [1.54, 1.807) is 6.07 Å². The van der Waals surface area contributed by atoms with Crippen molar-refractivity contribution in [3.05, 3.63) is 28.8 Å². The van der Waals surface area contributed by atoms with Crippen LogP contribution in [0.25, 0.3) is 0 Å². The second kappa shape index (κ2) is 6.07. The summed E-state index contributed by atoms with van der Waals surface area (Å²) >= 11 is 5.71. The van der Waals surface area contributed by atoms with Crippen LogP contribution in [0.3, 0.4) is 0 Å². The van der Waals surface area contributed by atoms with E-state index in [-0.39, 0.29) is 17.2 Å². The van der Waals surface area contributed by atoms with E-state index in [9.17, 15) is 9.90 Å². The molecular weight excluding hydrogens is 252 g/mol. The zero-order chi connectivity index (χ0) is 13.0. The molecule has 2 rings (SSSR count). The summed E-state index contributed by atoms with van der Waals surface area (Å²) in [6, 6.07) is 4.99. The van der Waals surface area contributed by atoms with Gasteiger partial charge in [0.05, 0.1) is 5.56 Å². The lowest BCUT2D eigenvalue weighted by Crippen LogP contribution is -2.30. The van der Waals surface area contributed by atoms with Crippen molar-refractivity contribution in [1.29, 1.82) is 0 Å². The Kier molecular flexibility index (Phi) is 4.44. The van der Waals surface area contributed by atoms with Gasteiger partial charge in [-0.1, -0.05) is 11.6 Å². The Bertz CT molecular complexity index is 431. The molecule has 1 atom stereocenters. The molecule has 1 amide bonds. The lowest BCUT2D eigenvalue weighted by molar-refractivity contribution is 0.0949. The fourth-order valence-corrected chi connectivity index (χ4v) is 2.32. The molecule has 4 nitrogen and oxygen atoms in total. The third-order valence-electron chi connectivity index (χ3n) is 3.15. The number of hydrogen-bond acceptors (Lipinski definition) is 3. The number of carbonyl (C=O) groups is 1. The first-order valence-electron chi connectivity index (χ1n) is 6.17. The first-order chi connectivity index (χ1) is 8.66. The summed E-state index contributed by atoms with van der Waals surface area (Å²) in [6.07, 6.45) is 3.29. The largest absolute Gasteiger partial charge is 0.507 e. The van der Waals surface area contributed by atoms with Crippen LogP contribution in [-0.2, 0) is 0 Å². The molecule has 1 aliphatic rings. The summed E-state index contributed by atoms with van der Waals surface area (Å²) in [4.78, 5) is 11.8. The molecular formula is C13H17ClN2O2. The second-order valence-electron chi connectivity index (χ2n) is 4.50. The van der Waals surface area contributed by atoms with Crippen LogP contribution in [-0.4, -0.2) is 30.1 Å². The summed E-state index contributed by atoms with van der Waals surface area (Å²) in [6.45, 7) is 1.68. The Labute approximate surface area is 111 Å². The van der Waals surface area contributed by atoms with Gasteiger partial charge < -0.3 is 15.7 Å². The maximum absolute atomic E-state index is 11.8. The Morgan fingerprint density at radius 2 is 2.39 bits per heavy atom. The van der Waals surface area contributed by atoms with Crippen molar-refractivity contribution in [1.82, 2.24) is 10.6 Å². The zero-order valence-corrected chi connectivity index (χ0v) is 10.8. The number of benzene rings is 1. The van der Waals surface area contributed by atoms with E-state index in [0.717, 1.165) is 13.0 Å². The molecule has 0 spiro atoms. The van der Waals surface area contributed by atoms with Crippen molar-refractivity contribution >= 4 is 17.5 Å². The standard InChI is InChI=1S/C13H17ClN2O2/c14-9-3-4-11(12(17)8-9)13(18)16-7-5-10-2-1-6-15-10/h3-4,8,10,15,17H,1-2,5-7H2,(H,16,18)/t10-/m1/s1. The summed E-state index contributed by atoms with van der Waals surface area (Å²) < 4.78 is 0. The van der Waals surface area contributed by atoms with Crippen molar-refractivity contribution in [3.63, 3.8) is 0 Å². The van der Waals surface area contributed by atoms with Crippen molar-refractivity contribution in [2.24, 2.45) is 0 Å². The van der Waals surface area contributed by atoms with Gasteiger partial charge in [-0.2, -0.15) is 0 Å². The number of phenolic OH excluding ortho intramolecular Hbond substituents is 1. The lowest BCUT2D eigenvalue weighted by atomic mass is 10.1. The van der Waals surface area contributed by atoms with Gasteiger partial charge in [-0.05, 0) is 44.0 Å². The van der Waals surface area contributed by atoms with Gasteiger partial charge in [-0.15, -0.1) is 0 Å². The van der Waals surface area contributed by atoms with Crippen LogP contribution in [0.4, 0.5) is 0 Å². The Morgan fingerprint density at radius 3 is 3.06 bits per heavy atom. The minimum atomic E-state index is -0.262. The normalized spacial score (nSPS) is 18.8. The highest BCUT2D eigenvalue weighted by molar-refractivity contribution is 6.30. The molecule has 1 fully saturated rings. The fourth-order valence-electron chi connectivity index (χ4n) is 2.16. The van der Waals surface area contributed by atoms with E-state index in [2.05, 4.69) is 10.6 Å². The maximum Gasteiger partial charge on any atom is 0.255 e. The minimum Gasteiger partial charge on any atom is -0.507 e. The maximum atomic E-state index is 11.8. The summed E-state index contributed by atoms with van der Waals surface area (Å²) in [5.74, 6) is -0.346. The molecule has 98 valence electrons. The van der Waals surface area contributed by atoms with Crippen LogP contribution in [0.1, 0.15) is 29.6 Å². The smallest absolute Gasteiger partial charge is 0.255 e. The lowest BCUT2D eigenvalue weighted by Gasteiger charge is -2.11. The molecule has 0 radical (unpaired) electrons. The van der Waals surface area contributed by atoms with Gasteiger partial charge in [0.1, 0.15) is 5.75 Å². The van der Waals surface area contributed by atoms with Gasteiger partial charge in [0.2, 0.25) is 0 Å². The molecule has 1 aromatic carbocycles. The van der Waals surface area contributed by atoms with Gasteiger partial charge in [0.25, 0.3) is 5.91 Å². The van der Waals surface area contributed by atoms with E-state index in [4.69, 9.17) is 11.6 Å². The highest BCUT2D eigenvalue weighted by Gasteiger charge is 2.15. The van der Waals surface area contributed by atoms with Crippen molar-refractivity contribution in [2.45, 2.75) is 25.3 Å². The molecule has 0 saturated carbocycles. The van der Waals surface area contributed by atoms with Crippen molar-refractivity contribution in [3.8, 4) is 5.75 Å². The van der Waals surface area contributed by atoms with Gasteiger partial charge in [-0.25, -0.2) is 0 Å². The molecule has 18 heavy (non-hydrogen) atoms. The van der Waals surface area contributed by atoms with Gasteiger partial charge in [-0.3, -0.25) is 4.79 Å². The van der Waals surface area contributed by atoms with Crippen LogP contribution in [0.2, 0.25) is 5.02 Å². The van der Waals surface area contributed by atoms with Crippen LogP contribution in [0.15, 0.2) is 18.2 Å². The van der Waals surface area contributed by atoms with Crippen LogP contribution in [0.5, 0.6) is 5.75 Å². The quantitative estimate of drug-likeness (QED) is 0.782. The van der Waals surface area contributed by atoms with E-state index < -0.39 is 0 Å². The Morgan fingerprint density at radius 1 is 1.56 bits per heavy atom. The molecule has 1 saturated heterocycles. The predicted molar refractivity (Wildman–Crippen MR) is 71.1 cm³/mol. The number of amides is 1. The monoisotopic (exact) mass is 268 g/mol. The fraction of sp³-hybridized carbons (Fsp3) is 0.462. The predicted octanol–water partition coefficient (Wildman–Crippen LogP) is 1.92. The van der Waals surface area contributed by atoms with Crippen molar-refractivity contribution < 1.29 is 9.90 Å². The van der Waals surface area contributed by atoms with E-state index in [0.29, 0.717) is 17.6 Å². The Hall–Kier alpha value is -1.26. The number of carbonyl (C=O) groups excluding carboxylic acids is 1. The minimum absolute atomic E-state index is 0.0843. The highest BCUT2D eigenvalue weighted by atomic mass is 35.5. The molecule has 1 aliphatic heterocycles. The molecule has 1 aromatic rings. The first kappa shape index (κ1) is 13.2. The highest BCUT2D eigenvalue weighted by Crippen LogP contribution is 2.21. The van der Waals surface area contributed by atoms with Gasteiger partial charge in [0, 0.05) is 17.6 Å². The molecule has 0 aliphatic carbocycles. The number of halogens is 1. The van der Waals surface area contributed by atoms with Gasteiger partial charge >= 0.3 is 0 Å². The topological polar surface area (TPSA) is 61.4 Å². The summed E-state index contributed by atoms with van der Waals surface area (Å²) in [5.41, 5.74) is 0.263. The number of rotatable bonds is 4.